The molecule has 1 amide bonds. The van der Waals surface area contributed by atoms with E-state index >= 15 is 0 Å². The number of amides is 1. The van der Waals surface area contributed by atoms with Crippen molar-refractivity contribution in [1.29, 1.82) is 0 Å². The zero-order valence-electron chi connectivity index (χ0n) is 13.0. The Kier molecular flexibility index (Phi) is 4.15. The molecule has 1 aliphatic heterocycles. The van der Waals surface area contributed by atoms with Gasteiger partial charge in [-0.3, -0.25) is 9.89 Å². The molecule has 1 aromatic heterocycles. The standard InChI is InChI=1S/C15H14F4N4O2/c1-20-12-9(5-21-23-12)13(24)22-14(6-25-7-14)10-3-2-8(4-11(10)16)15(17,18)19/h2-5H,6-7H2,1H3,(H,22,24)(H2,20,21,23). The molecule has 0 radical (unpaired) electrons. The topological polar surface area (TPSA) is 79.0 Å². The summed E-state index contributed by atoms with van der Waals surface area (Å²) in [6.45, 7) is -0.0957. The maximum Gasteiger partial charge on any atom is 0.416 e. The van der Waals surface area contributed by atoms with Crippen molar-refractivity contribution >= 4 is 11.7 Å². The number of rotatable bonds is 4. The van der Waals surface area contributed by atoms with Crippen LogP contribution in [0, 0.1) is 5.82 Å². The van der Waals surface area contributed by atoms with Crippen molar-refractivity contribution in [2.45, 2.75) is 11.7 Å². The number of nitrogens with zero attached hydrogens (tertiary/aromatic N) is 1. The first-order chi connectivity index (χ1) is 11.8. The second-order valence-corrected chi connectivity index (χ2v) is 5.63. The monoisotopic (exact) mass is 358 g/mol. The van der Waals surface area contributed by atoms with Crippen LogP contribution < -0.4 is 10.6 Å². The normalized spacial score (nSPS) is 16.2. The lowest BCUT2D eigenvalue weighted by molar-refractivity contribution is -0.137. The number of carbonyl (C=O) groups is 1. The van der Waals surface area contributed by atoms with E-state index in [2.05, 4.69) is 20.8 Å². The Morgan fingerprint density at radius 3 is 2.60 bits per heavy atom. The lowest BCUT2D eigenvalue weighted by Gasteiger charge is -2.42. The van der Waals surface area contributed by atoms with Gasteiger partial charge in [0.25, 0.3) is 5.91 Å². The Labute approximate surface area is 139 Å². The van der Waals surface area contributed by atoms with Crippen molar-refractivity contribution in [3.05, 3.63) is 46.9 Å². The number of hydrogen-bond donors (Lipinski definition) is 3. The second kappa shape index (κ2) is 6.03. The van der Waals surface area contributed by atoms with Crippen LogP contribution in [0.1, 0.15) is 21.5 Å². The molecule has 2 heterocycles. The minimum absolute atomic E-state index is 0.0479. The molecule has 0 spiro atoms. The molecular formula is C15H14F4N4O2. The molecule has 0 atom stereocenters. The third kappa shape index (κ3) is 3.04. The van der Waals surface area contributed by atoms with Gasteiger partial charge in [-0.2, -0.15) is 18.3 Å². The first kappa shape index (κ1) is 17.2. The molecule has 1 aliphatic rings. The second-order valence-electron chi connectivity index (χ2n) is 5.63. The van der Waals surface area contributed by atoms with E-state index in [9.17, 15) is 22.4 Å². The van der Waals surface area contributed by atoms with Gasteiger partial charge in [-0.15, -0.1) is 0 Å². The van der Waals surface area contributed by atoms with Gasteiger partial charge in [-0.25, -0.2) is 4.39 Å². The number of aromatic nitrogens is 2. The van der Waals surface area contributed by atoms with Crippen LogP contribution in [0.15, 0.2) is 24.4 Å². The van der Waals surface area contributed by atoms with Gasteiger partial charge in [0.1, 0.15) is 22.7 Å². The highest BCUT2D eigenvalue weighted by atomic mass is 19.4. The van der Waals surface area contributed by atoms with Gasteiger partial charge in [-0.1, -0.05) is 6.07 Å². The quantitative estimate of drug-likeness (QED) is 0.733. The van der Waals surface area contributed by atoms with Gasteiger partial charge in [0.05, 0.1) is 25.0 Å². The lowest BCUT2D eigenvalue weighted by Crippen LogP contribution is -2.59. The third-order valence-electron chi connectivity index (χ3n) is 4.00. The zero-order chi connectivity index (χ0) is 18.2. The van der Waals surface area contributed by atoms with Gasteiger partial charge in [0.15, 0.2) is 0 Å². The molecule has 0 unspecified atom stereocenters. The molecule has 0 aliphatic carbocycles. The van der Waals surface area contributed by atoms with E-state index in [0.29, 0.717) is 11.9 Å². The number of H-pyrrole nitrogens is 1. The Morgan fingerprint density at radius 2 is 2.08 bits per heavy atom. The smallest absolute Gasteiger partial charge is 0.376 e. The number of ether oxygens (including phenoxy) is 1. The van der Waals surface area contributed by atoms with Crippen LogP contribution in [0.25, 0.3) is 0 Å². The fourth-order valence-corrected chi connectivity index (χ4v) is 2.61. The molecule has 10 heteroatoms. The summed E-state index contributed by atoms with van der Waals surface area (Å²) in [6, 6.07) is 2.22. The first-order valence-electron chi connectivity index (χ1n) is 7.25. The molecule has 1 fully saturated rings. The Hall–Kier alpha value is -2.62. The van der Waals surface area contributed by atoms with Crippen molar-refractivity contribution in [3.63, 3.8) is 0 Å². The number of benzene rings is 1. The molecule has 1 aromatic carbocycles. The van der Waals surface area contributed by atoms with Gasteiger partial charge >= 0.3 is 6.18 Å². The summed E-state index contributed by atoms with van der Waals surface area (Å²) in [5.41, 5.74) is -2.19. The predicted octanol–water partition coefficient (Wildman–Crippen LogP) is 2.26. The van der Waals surface area contributed by atoms with E-state index in [1.165, 1.54) is 6.20 Å². The first-order valence-corrected chi connectivity index (χ1v) is 7.25. The van der Waals surface area contributed by atoms with Crippen LogP contribution >= 0.6 is 0 Å². The fourth-order valence-electron chi connectivity index (χ4n) is 2.61. The van der Waals surface area contributed by atoms with Crippen molar-refractivity contribution in [3.8, 4) is 0 Å². The largest absolute Gasteiger partial charge is 0.416 e. The van der Waals surface area contributed by atoms with Crippen LogP contribution in [0.5, 0.6) is 0 Å². The zero-order valence-corrected chi connectivity index (χ0v) is 13.0. The summed E-state index contributed by atoms with van der Waals surface area (Å²) >= 11 is 0. The Bertz CT molecular complexity index is 799. The summed E-state index contributed by atoms with van der Waals surface area (Å²) in [6.07, 6.45) is -3.36. The van der Waals surface area contributed by atoms with Crippen molar-refractivity contribution in [2.75, 3.05) is 25.6 Å². The number of alkyl halides is 3. The van der Waals surface area contributed by atoms with E-state index < -0.39 is 29.0 Å². The van der Waals surface area contributed by atoms with Crippen LogP contribution in [0.3, 0.4) is 0 Å². The molecule has 1 saturated heterocycles. The van der Waals surface area contributed by atoms with E-state index in [-0.39, 0.29) is 24.3 Å². The maximum absolute atomic E-state index is 14.3. The van der Waals surface area contributed by atoms with Crippen LogP contribution in [-0.4, -0.2) is 36.4 Å². The maximum atomic E-state index is 14.3. The molecule has 3 rings (SSSR count). The minimum Gasteiger partial charge on any atom is -0.376 e. The van der Waals surface area contributed by atoms with Gasteiger partial charge in [0, 0.05) is 12.6 Å². The molecule has 0 bridgehead atoms. The summed E-state index contributed by atoms with van der Waals surface area (Å²) in [4.78, 5) is 12.4. The van der Waals surface area contributed by atoms with E-state index in [1.54, 1.807) is 7.05 Å². The van der Waals surface area contributed by atoms with E-state index in [0.717, 1.165) is 12.1 Å². The predicted molar refractivity (Wildman–Crippen MR) is 79.5 cm³/mol. The summed E-state index contributed by atoms with van der Waals surface area (Å²) < 4.78 is 57.5. The number of halogens is 4. The van der Waals surface area contributed by atoms with Crippen molar-refractivity contribution in [1.82, 2.24) is 15.5 Å². The molecule has 134 valence electrons. The molecule has 2 aromatic rings. The van der Waals surface area contributed by atoms with Gasteiger partial charge in [-0.05, 0) is 12.1 Å². The fraction of sp³-hybridized carbons (Fsp3) is 0.333. The van der Waals surface area contributed by atoms with Crippen LogP contribution in [0.4, 0.5) is 23.4 Å². The number of anilines is 1. The highest BCUT2D eigenvalue weighted by Crippen LogP contribution is 2.36. The summed E-state index contributed by atoms with van der Waals surface area (Å²) in [5, 5.41) is 11.7. The van der Waals surface area contributed by atoms with E-state index in [1.807, 2.05) is 0 Å². The lowest BCUT2D eigenvalue weighted by atomic mass is 9.86. The molecule has 0 saturated carbocycles. The van der Waals surface area contributed by atoms with Crippen LogP contribution in [-0.2, 0) is 16.5 Å². The number of nitrogens with one attached hydrogen (secondary N) is 3. The van der Waals surface area contributed by atoms with Gasteiger partial charge < -0.3 is 15.4 Å². The molecule has 6 nitrogen and oxygen atoms in total. The number of aromatic amines is 1. The number of carbonyl (C=O) groups excluding carboxylic acids is 1. The average Bonchev–Trinajstić information content (AvgIpc) is 2.99. The summed E-state index contributed by atoms with van der Waals surface area (Å²) in [7, 11) is 1.59. The van der Waals surface area contributed by atoms with Gasteiger partial charge in [0.2, 0.25) is 0 Å². The molecule has 25 heavy (non-hydrogen) atoms. The van der Waals surface area contributed by atoms with Crippen molar-refractivity contribution in [2.24, 2.45) is 0 Å². The molecular weight excluding hydrogens is 344 g/mol. The Balaban J connectivity index is 1.90. The third-order valence-corrected chi connectivity index (χ3v) is 4.00. The highest BCUT2D eigenvalue weighted by molar-refractivity contribution is 5.99. The molecule has 3 N–H and O–H groups in total. The minimum atomic E-state index is -4.65. The Morgan fingerprint density at radius 1 is 1.36 bits per heavy atom. The van der Waals surface area contributed by atoms with E-state index in [4.69, 9.17) is 4.74 Å². The van der Waals surface area contributed by atoms with Crippen molar-refractivity contribution < 1.29 is 27.1 Å². The summed E-state index contributed by atoms with van der Waals surface area (Å²) in [5.74, 6) is -1.25. The number of hydrogen-bond acceptors (Lipinski definition) is 4. The van der Waals surface area contributed by atoms with Crippen LogP contribution in [0.2, 0.25) is 0 Å². The highest BCUT2D eigenvalue weighted by Gasteiger charge is 2.45. The average molecular weight is 358 g/mol. The SMILES string of the molecule is CNc1[nH]ncc1C(=O)NC1(c2ccc(C(F)(F)F)cc2F)COC1.